The largest absolute Gasteiger partial charge is 0.338 e. The van der Waals surface area contributed by atoms with E-state index in [2.05, 4.69) is 10.6 Å². The van der Waals surface area contributed by atoms with Crippen molar-refractivity contribution in [3.05, 3.63) is 0 Å². The molecule has 0 saturated carbocycles. The van der Waals surface area contributed by atoms with Gasteiger partial charge in [0.1, 0.15) is 0 Å². The molecule has 0 radical (unpaired) electrons. The lowest BCUT2D eigenvalue weighted by molar-refractivity contribution is -0.118. The Labute approximate surface area is 128 Å². The lowest BCUT2D eigenvalue weighted by Crippen LogP contribution is -2.42. The zero-order valence-electron chi connectivity index (χ0n) is 10.9. The van der Waals surface area contributed by atoms with Crippen LogP contribution in [-0.4, -0.2) is 44.8 Å². The summed E-state index contributed by atoms with van der Waals surface area (Å²) in [5.41, 5.74) is 0. The van der Waals surface area contributed by atoms with Gasteiger partial charge in [0, 0.05) is 17.5 Å². The second kappa shape index (κ2) is 10.3. The zero-order chi connectivity index (χ0) is 14.8. The van der Waals surface area contributed by atoms with Gasteiger partial charge in [-0.05, 0) is 19.3 Å². The molecule has 1 aliphatic rings. The predicted molar refractivity (Wildman–Crippen MR) is 82.6 cm³/mol. The van der Waals surface area contributed by atoms with Crippen molar-refractivity contribution in [3.8, 4) is 0 Å². The number of unbranched alkanes of at least 4 members (excludes halogenated alkanes) is 1. The van der Waals surface area contributed by atoms with Gasteiger partial charge in [-0.3, -0.25) is 14.1 Å². The molecule has 20 heavy (non-hydrogen) atoms. The van der Waals surface area contributed by atoms with Crippen LogP contribution in [0.25, 0.3) is 0 Å². The van der Waals surface area contributed by atoms with E-state index in [4.69, 9.17) is 4.55 Å². The molecule has 0 aromatic heterocycles. The van der Waals surface area contributed by atoms with Gasteiger partial charge < -0.3 is 10.6 Å². The van der Waals surface area contributed by atoms with Gasteiger partial charge in [0.25, 0.3) is 17.2 Å². The van der Waals surface area contributed by atoms with E-state index in [-0.39, 0.29) is 6.54 Å². The smallest absolute Gasteiger partial charge is 0.315 e. The van der Waals surface area contributed by atoms with Crippen molar-refractivity contribution in [3.63, 3.8) is 0 Å². The van der Waals surface area contributed by atoms with E-state index in [0.29, 0.717) is 6.54 Å². The highest BCUT2D eigenvalue weighted by Gasteiger charge is 2.15. The van der Waals surface area contributed by atoms with Gasteiger partial charge in [-0.2, -0.15) is 0 Å². The van der Waals surface area contributed by atoms with Gasteiger partial charge in [-0.1, -0.05) is 28.0 Å². The van der Waals surface area contributed by atoms with Crippen LogP contribution in [0.5, 0.6) is 0 Å². The van der Waals surface area contributed by atoms with Gasteiger partial charge in [0.15, 0.2) is 0 Å². The van der Waals surface area contributed by atoms with Crippen molar-refractivity contribution < 1.29 is 18.4 Å². The molecule has 4 N–H and O–H groups in total. The second-order valence-corrected chi connectivity index (χ2v) is 7.70. The normalized spacial score (nSPS) is 19.4. The molecule has 0 aromatic carbocycles. The summed E-state index contributed by atoms with van der Waals surface area (Å²) in [6.45, 7) is 0.234. The molecular weight excluding hydrogens is 322 g/mol. The van der Waals surface area contributed by atoms with E-state index < -0.39 is 23.2 Å². The third-order valence-corrected chi connectivity index (χ3v) is 5.99. The molecule has 1 heterocycles. The first-order chi connectivity index (χ1) is 9.58. The van der Waals surface area contributed by atoms with E-state index in [1.807, 2.05) is 21.6 Å². The van der Waals surface area contributed by atoms with Crippen molar-refractivity contribution in [2.24, 2.45) is 0 Å². The molecule has 2 atom stereocenters. The number of amides is 3. The molecule has 10 heteroatoms. The summed E-state index contributed by atoms with van der Waals surface area (Å²) in [7, 11) is 3.87. The van der Waals surface area contributed by atoms with Crippen molar-refractivity contribution in [2.75, 3.05) is 18.8 Å². The molecule has 0 spiro atoms. The molecule has 1 saturated heterocycles. The first-order valence-corrected chi connectivity index (χ1v) is 9.77. The van der Waals surface area contributed by atoms with Crippen LogP contribution in [0.4, 0.5) is 4.79 Å². The summed E-state index contributed by atoms with van der Waals surface area (Å²) < 4.78 is 20.4. The Hall–Kier alpha value is -0.450. The second-order valence-electron chi connectivity index (χ2n) is 4.21. The summed E-state index contributed by atoms with van der Waals surface area (Å²) in [4.78, 5) is 22.3. The molecule has 116 valence electrons. The minimum atomic E-state index is -2.39. The highest BCUT2D eigenvalue weighted by Crippen LogP contribution is 2.39. The number of carbonyl (C=O) groups excluding carboxylic acids is 2. The van der Waals surface area contributed by atoms with Crippen LogP contribution in [-0.2, 0) is 16.1 Å². The number of carbonyl (C=O) groups is 2. The summed E-state index contributed by atoms with van der Waals surface area (Å²) in [6.07, 6.45) is 4.42. The van der Waals surface area contributed by atoms with Crippen LogP contribution < -0.4 is 15.4 Å². The quantitative estimate of drug-likeness (QED) is 0.296. The Morgan fingerprint density at radius 1 is 1.30 bits per heavy atom. The molecule has 0 bridgehead atoms. The van der Waals surface area contributed by atoms with Crippen LogP contribution in [0.15, 0.2) is 0 Å². The summed E-state index contributed by atoms with van der Waals surface area (Å²) in [6, 6.07) is -0.449. The average Bonchev–Trinajstić information content (AvgIpc) is 2.88. The van der Waals surface area contributed by atoms with E-state index in [9.17, 15) is 13.8 Å². The lowest BCUT2D eigenvalue weighted by Gasteiger charge is -2.08. The molecule has 3 amide bonds. The van der Waals surface area contributed by atoms with Crippen LogP contribution in [0.2, 0.25) is 0 Å². The number of hydrogen-bond acceptors (Lipinski definition) is 5. The third-order valence-electron chi connectivity index (χ3n) is 2.58. The molecule has 0 aliphatic carbocycles. The van der Waals surface area contributed by atoms with Gasteiger partial charge in [0.05, 0.1) is 6.54 Å². The Morgan fingerprint density at radius 2 is 2.10 bits per heavy atom. The van der Waals surface area contributed by atoms with Crippen LogP contribution >= 0.6 is 21.6 Å². The Kier molecular flexibility index (Phi) is 9.07. The lowest BCUT2D eigenvalue weighted by atomic mass is 10.1. The fraction of sp³-hybridized carbons (Fsp3) is 0.800. The Bertz CT molecular complexity index is 351. The van der Waals surface area contributed by atoms with Gasteiger partial charge >= 0.3 is 6.03 Å². The highest BCUT2D eigenvalue weighted by atomic mass is 33.1. The maximum atomic E-state index is 11.3. The molecule has 2 unspecified atom stereocenters. The number of urea groups is 1. The minimum Gasteiger partial charge on any atom is -0.338 e. The van der Waals surface area contributed by atoms with Gasteiger partial charge in [-0.15, -0.1) is 0 Å². The molecule has 1 fully saturated rings. The van der Waals surface area contributed by atoms with Gasteiger partial charge in [0.2, 0.25) is 0 Å². The minimum absolute atomic E-state index is 0.325. The summed E-state index contributed by atoms with van der Waals surface area (Å²) in [5, 5.41) is 5.69. The average molecular weight is 341 g/mol. The zero-order valence-corrected chi connectivity index (χ0v) is 13.4. The molecule has 1 rings (SSSR count). The number of hydrogen-bond donors (Lipinski definition) is 4. The van der Waals surface area contributed by atoms with Crippen molar-refractivity contribution in [1.29, 1.82) is 0 Å². The third kappa shape index (κ3) is 8.67. The SMILES string of the molecule is O=C(CNC(=O)NCCCCC1CCSS1)NS(=O)O. The van der Waals surface area contributed by atoms with E-state index in [1.54, 1.807) is 4.72 Å². The van der Waals surface area contributed by atoms with Crippen molar-refractivity contribution in [1.82, 2.24) is 15.4 Å². The molecular formula is C10H19N3O4S3. The Balaban J connectivity index is 1.94. The maximum Gasteiger partial charge on any atom is 0.315 e. The Morgan fingerprint density at radius 3 is 2.75 bits per heavy atom. The van der Waals surface area contributed by atoms with Crippen molar-refractivity contribution >= 4 is 44.8 Å². The number of nitrogens with one attached hydrogen (secondary N) is 3. The standard InChI is InChI=1S/C10H19N3O4S3/c14-9(13-20(16)17)7-12-10(15)11-5-2-1-3-8-4-6-18-19-8/h8H,1-7H2,(H,13,14)(H,16,17)(H2,11,12,15). The molecule has 1 aliphatic heterocycles. The predicted octanol–water partition coefficient (Wildman–Crippen LogP) is 0.863. The monoisotopic (exact) mass is 341 g/mol. The molecule has 7 nitrogen and oxygen atoms in total. The van der Waals surface area contributed by atoms with E-state index >= 15 is 0 Å². The van der Waals surface area contributed by atoms with E-state index in [1.165, 1.54) is 18.6 Å². The van der Waals surface area contributed by atoms with E-state index in [0.717, 1.165) is 18.1 Å². The fourth-order valence-electron chi connectivity index (χ4n) is 1.62. The summed E-state index contributed by atoms with van der Waals surface area (Å²) in [5.74, 6) is 0.521. The first kappa shape index (κ1) is 17.6. The maximum absolute atomic E-state index is 11.3. The van der Waals surface area contributed by atoms with Crippen LogP contribution in [0.3, 0.4) is 0 Å². The topological polar surface area (TPSA) is 108 Å². The highest BCUT2D eigenvalue weighted by molar-refractivity contribution is 8.77. The van der Waals surface area contributed by atoms with Gasteiger partial charge in [-0.25, -0.2) is 9.00 Å². The van der Waals surface area contributed by atoms with Crippen LogP contribution in [0.1, 0.15) is 25.7 Å². The number of rotatable bonds is 8. The first-order valence-electron chi connectivity index (χ1n) is 6.28. The van der Waals surface area contributed by atoms with Crippen LogP contribution in [0, 0.1) is 0 Å². The van der Waals surface area contributed by atoms with Crippen molar-refractivity contribution in [2.45, 2.75) is 30.9 Å². The summed E-state index contributed by atoms with van der Waals surface area (Å²) >= 11 is -2.39. The molecule has 0 aromatic rings. The fourth-order valence-corrected chi connectivity index (χ4v) is 4.91.